The molecule has 3 rings (SSSR count). The summed E-state index contributed by atoms with van der Waals surface area (Å²) in [5.41, 5.74) is 0.374. The Hall–Kier alpha value is -1.67. The average molecular weight is 244 g/mol. The summed E-state index contributed by atoms with van der Waals surface area (Å²) < 4.78 is 5.74. The predicted octanol–water partition coefficient (Wildman–Crippen LogP) is 1.72. The van der Waals surface area contributed by atoms with Gasteiger partial charge < -0.3 is 10.1 Å². The molecule has 5 heteroatoms. The molecule has 2 heterocycles. The number of hydrogen-bond acceptors (Lipinski definition) is 5. The topological polar surface area (TPSA) is 70.8 Å². The Kier molecular flexibility index (Phi) is 3.11. The molecule has 2 fully saturated rings. The van der Waals surface area contributed by atoms with Crippen LogP contribution in [0.25, 0.3) is 0 Å². The summed E-state index contributed by atoms with van der Waals surface area (Å²) in [6.45, 7) is 0.860. The molecule has 2 aliphatic rings. The first-order valence-corrected chi connectivity index (χ1v) is 6.48. The molecule has 0 aromatic carbocycles. The maximum Gasteiger partial charge on any atom is 0.182 e. The van der Waals surface area contributed by atoms with E-state index in [1.807, 2.05) is 0 Å². The Labute approximate surface area is 106 Å². The number of ether oxygens (including phenoxy) is 1. The normalized spacial score (nSPS) is 30.5. The molecule has 0 spiro atoms. The van der Waals surface area contributed by atoms with Crippen molar-refractivity contribution in [1.82, 2.24) is 9.97 Å². The van der Waals surface area contributed by atoms with E-state index >= 15 is 0 Å². The van der Waals surface area contributed by atoms with Gasteiger partial charge >= 0.3 is 0 Å². The lowest BCUT2D eigenvalue weighted by Crippen LogP contribution is -2.38. The van der Waals surface area contributed by atoms with E-state index in [1.165, 1.54) is 6.42 Å². The highest BCUT2D eigenvalue weighted by molar-refractivity contribution is 5.47. The van der Waals surface area contributed by atoms with Gasteiger partial charge in [0.2, 0.25) is 0 Å². The summed E-state index contributed by atoms with van der Waals surface area (Å²) in [6, 6.07) is 2.43. The van der Waals surface area contributed by atoms with E-state index in [9.17, 15) is 0 Å². The quantitative estimate of drug-likeness (QED) is 0.857. The van der Waals surface area contributed by atoms with Crippen molar-refractivity contribution in [2.24, 2.45) is 5.92 Å². The minimum atomic E-state index is 0.357. The smallest absolute Gasteiger partial charge is 0.182 e. The zero-order valence-corrected chi connectivity index (χ0v) is 10.2. The molecule has 1 aliphatic carbocycles. The Balaban J connectivity index is 1.77. The molecule has 3 atom stereocenters. The minimum absolute atomic E-state index is 0.357. The second kappa shape index (κ2) is 4.91. The Morgan fingerprint density at radius 2 is 2.17 bits per heavy atom. The van der Waals surface area contributed by atoms with E-state index in [-0.39, 0.29) is 0 Å². The average Bonchev–Trinajstić information content (AvgIpc) is 2.89. The van der Waals surface area contributed by atoms with Crippen LogP contribution in [0, 0.1) is 17.2 Å². The van der Waals surface area contributed by atoms with Crippen LogP contribution in [0.2, 0.25) is 0 Å². The molecular formula is C13H16N4O. The van der Waals surface area contributed by atoms with Crippen LogP contribution in [0.15, 0.2) is 12.4 Å². The summed E-state index contributed by atoms with van der Waals surface area (Å²) in [5, 5.41) is 12.4. The van der Waals surface area contributed by atoms with E-state index in [0.717, 1.165) is 25.9 Å². The first-order valence-electron chi connectivity index (χ1n) is 6.48. The number of hydrogen-bond donors (Lipinski definition) is 1. The first kappa shape index (κ1) is 11.4. The van der Waals surface area contributed by atoms with Crippen molar-refractivity contribution in [3.8, 4) is 6.07 Å². The molecule has 1 aromatic rings. The van der Waals surface area contributed by atoms with Gasteiger partial charge in [0.05, 0.1) is 6.10 Å². The van der Waals surface area contributed by atoms with Crippen LogP contribution in [0.1, 0.15) is 31.4 Å². The van der Waals surface area contributed by atoms with Crippen molar-refractivity contribution in [1.29, 1.82) is 5.26 Å². The highest BCUT2D eigenvalue weighted by Gasteiger charge is 2.37. The number of anilines is 1. The van der Waals surface area contributed by atoms with Crippen LogP contribution in [-0.4, -0.2) is 28.7 Å². The second-order valence-electron chi connectivity index (χ2n) is 4.91. The largest absolute Gasteiger partial charge is 0.378 e. The van der Waals surface area contributed by atoms with Crippen LogP contribution in [0.4, 0.5) is 5.82 Å². The lowest BCUT2D eigenvalue weighted by atomic mass is 9.82. The lowest BCUT2D eigenvalue weighted by molar-refractivity contribution is 0.0619. The number of nitrogens with zero attached hydrogens (tertiary/aromatic N) is 3. The van der Waals surface area contributed by atoms with Crippen LogP contribution in [0.5, 0.6) is 0 Å². The third-order valence-corrected chi connectivity index (χ3v) is 3.91. The Morgan fingerprint density at radius 3 is 3.06 bits per heavy atom. The van der Waals surface area contributed by atoms with Crippen LogP contribution >= 0.6 is 0 Å². The fourth-order valence-corrected chi connectivity index (χ4v) is 3.06. The van der Waals surface area contributed by atoms with Crippen molar-refractivity contribution in [3.05, 3.63) is 18.1 Å². The van der Waals surface area contributed by atoms with Crippen molar-refractivity contribution < 1.29 is 4.74 Å². The summed E-state index contributed by atoms with van der Waals surface area (Å²) in [4.78, 5) is 8.25. The first-order chi connectivity index (χ1) is 8.88. The highest BCUT2D eigenvalue weighted by Crippen LogP contribution is 2.35. The van der Waals surface area contributed by atoms with Gasteiger partial charge in [-0.25, -0.2) is 9.97 Å². The predicted molar refractivity (Wildman–Crippen MR) is 65.9 cm³/mol. The lowest BCUT2D eigenvalue weighted by Gasteiger charge is -2.33. The second-order valence-corrected chi connectivity index (χ2v) is 4.91. The van der Waals surface area contributed by atoms with Gasteiger partial charge in [0.15, 0.2) is 11.5 Å². The van der Waals surface area contributed by atoms with Gasteiger partial charge in [0.1, 0.15) is 6.07 Å². The maximum atomic E-state index is 9.02. The molecule has 0 unspecified atom stereocenters. The molecule has 1 saturated heterocycles. The summed E-state index contributed by atoms with van der Waals surface area (Å²) in [6.07, 6.45) is 8.10. The van der Waals surface area contributed by atoms with Gasteiger partial charge in [0, 0.05) is 31.0 Å². The summed E-state index contributed by atoms with van der Waals surface area (Å²) >= 11 is 0. The highest BCUT2D eigenvalue weighted by atomic mass is 16.5. The molecule has 5 nitrogen and oxygen atoms in total. The molecular weight excluding hydrogens is 228 g/mol. The van der Waals surface area contributed by atoms with E-state index in [2.05, 4.69) is 21.4 Å². The zero-order valence-electron chi connectivity index (χ0n) is 10.2. The van der Waals surface area contributed by atoms with Gasteiger partial charge in [-0.05, 0) is 25.7 Å². The number of fused-ring (bicyclic) bond motifs is 1. The Bertz CT molecular complexity index is 470. The molecule has 94 valence electrons. The monoisotopic (exact) mass is 244 g/mol. The molecule has 1 aromatic heterocycles. The van der Waals surface area contributed by atoms with E-state index in [1.54, 1.807) is 12.4 Å². The molecule has 0 radical (unpaired) electrons. The van der Waals surface area contributed by atoms with Crippen molar-refractivity contribution in [2.75, 3.05) is 11.9 Å². The fraction of sp³-hybridized carbons (Fsp3) is 0.615. The number of nitriles is 1. The fourth-order valence-electron chi connectivity index (χ4n) is 3.06. The molecule has 1 N–H and O–H groups in total. The molecule has 1 saturated carbocycles. The third kappa shape index (κ3) is 2.04. The molecule has 18 heavy (non-hydrogen) atoms. The van der Waals surface area contributed by atoms with Crippen LogP contribution < -0.4 is 5.32 Å². The number of rotatable bonds is 2. The van der Waals surface area contributed by atoms with Crippen molar-refractivity contribution in [2.45, 2.75) is 37.8 Å². The van der Waals surface area contributed by atoms with Crippen molar-refractivity contribution >= 4 is 5.82 Å². The zero-order chi connectivity index (χ0) is 12.4. The number of aromatic nitrogens is 2. The van der Waals surface area contributed by atoms with E-state index in [0.29, 0.717) is 29.6 Å². The van der Waals surface area contributed by atoms with Crippen molar-refractivity contribution in [3.63, 3.8) is 0 Å². The standard InChI is InChI=1S/C13H16N4O/c14-8-11-13(16-6-5-15-11)17-10-2-1-3-12-9(10)4-7-18-12/h5-6,9-10,12H,1-4,7H2,(H,16,17)/t9-,10+,12+/m0/s1. The number of nitrogens with one attached hydrogen (secondary N) is 1. The van der Waals surface area contributed by atoms with Gasteiger partial charge in [-0.3, -0.25) is 0 Å². The summed E-state index contributed by atoms with van der Waals surface area (Å²) in [7, 11) is 0. The molecule has 1 aliphatic heterocycles. The van der Waals surface area contributed by atoms with Gasteiger partial charge in [-0.15, -0.1) is 0 Å². The maximum absolute atomic E-state index is 9.02. The SMILES string of the molecule is N#Cc1nccnc1N[C@@H]1CCC[C@H]2OCC[C@@H]12. The third-order valence-electron chi connectivity index (χ3n) is 3.91. The minimum Gasteiger partial charge on any atom is -0.378 e. The molecule has 0 bridgehead atoms. The van der Waals surface area contributed by atoms with Gasteiger partial charge in [-0.1, -0.05) is 0 Å². The Morgan fingerprint density at radius 1 is 1.28 bits per heavy atom. The van der Waals surface area contributed by atoms with Gasteiger partial charge in [-0.2, -0.15) is 5.26 Å². The summed E-state index contributed by atoms with van der Waals surface area (Å²) in [5.74, 6) is 1.16. The van der Waals surface area contributed by atoms with Crippen LogP contribution in [0.3, 0.4) is 0 Å². The van der Waals surface area contributed by atoms with Crippen LogP contribution in [-0.2, 0) is 4.74 Å². The molecule has 0 amide bonds. The van der Waals surface area contributed by atoms with Gasteiger partial charge in [0.25, 0.3) is 0 Å². The van der Waals surface area contributed by atoms with E-state index < -0.39 is 0 Å². The van der Waals surface area contributed by atoms with E-state index in [4.69, 9.17) is 10.00 Å².